The first kappa shape index (κ1) is 16.1. The first-order chi connectivity index (χ1) is 9.90. The molecule has 0 radical (unpaired) electrons. The molecule has 1 aliphatic heterocycles. The lowest BCUT2D eigenvalue weighted by Crippen LogP contribution is -2.28. The van der Waals surface area contributed by atoms with Crippen LogP contribution in [0.2, 0.25) is 0 Å². The normalized spacial score (nSPS) is 19.8. The number of hydrogen-bond acceptors (Lipinski definition) is 7. The van der Waals surface area contributed by atoms with Gasteiger partial charge in [-0.25, -0.2) is 8.42 Å². The molecule has 2 rings (SSSR count). The van der Waals surface area contributed by atoms with E-state index < -0.39 is 14.9 Å². The van der Waals surface area contributed by atoms with E-state index in [2.05, 4.69) is 5.32 Å². The molecule has 0 amide bonds. The van der Waals surface area contributed by atoms with Crippen molar-refractivity contribution < 1.29 is 18.1 Å². The maximum atomic E-state index is 12.5. The third-order valence-corrected chi connectivity index (χ3v) is 6.81. The van der Waals surface area contributed by atoms with Crippen LogP contribution in [-0.4, -0.2) is 51.5 Å². The van der Waals surface area contributed by atoms with E-state index in [0.29, 0.717) is 19.7 Å². The van der Waals surface area contributed by atoms with Crippen LogP contribution in [0, 0.1) is 16.0 Å². The van der Waals surface area contributed by atoms with E-state index in [9.17, 15) is 18.5 Å². The minimum Gasteiger partial charge on any atom is -0.384 e. The molecule has 1 N–H and O–H groups in total. The van der Waals surface area contributed by atoms with Gasteiger partial charge in [0.15, 0.2) is 5.00 Å². The van der Waals surface area contributed by atoms with E-state index in [4.69, 9.17) is 4.74 Å². The van der Waals surface area contributed by atoms with Crippen LogP contribution >= 0.6 is 11.3 Å². The minimum atomic E-state index is -3.68. The van der Waals surface area contributed by atoms with Crippen LogP contribution in [0.1, 0.15) is 6.42 Å². The smallest absolute Gasteiger partial charge is 0.304 e. The maximum absolute atomic E-state index is 12.5. The predicted molar refractivity (Wildman–Crippen MR) is 79.3 cm³/mol. The van der Waals surface area contributed by atoms with E-state index in [1.165, 1.54) is 11.4 Å². The second-order valence-electron chi connectivity index (χ2n) is 4.76. The fraction of sp³-hybridized carbons (Fsp3) is 0.636. The lowest BCUT2D eigenvalue weighted by Gasteiger charge is -2.14. The molecule has 0 aliphatic carbocycles. The molecular formula is C11H17N3O5S2. The highest BCUT2D eigenvalue weighted by molar-refractivity contribution is 7.91. The van der Waals surface area contributed by atoms with Crippen molar-refractivity contribution in [3.63, 3.8) is 0 Å². The van der Waals surface area contributed by atoms with Gasteiger partial charge in [-0.05, 0) is 12.3 Å². The lowest BCUT2D eigenvalue weighted by molar-refractivity contribution is -0.383. The van der Waals surface area contributed by atoms with Crippen molar-refractivity contribution in [2.75, 3.05) is 39.2 Å². The van der Waals surface area contributed by atoms with Gasteiger partial charge in [0.1, 0.15) is 4.21 Å². The number of sulfonamides is 1. The zero-order valence-electron chi connectivity index (χ0n) is 11.7. The topological polar surface area (TPSA) is 102 Å². The first-order valence-electron chi connectivity index (χ1n) is 6.35. The van der Waals surface area contributed by atoms with Gasteiger partial charge in [-0.2, -0.15) is 4.31 Å². The quantitative estimate of drug-likeness (QED) is 0.622. The van der Waals surface area contributed by atoms with Gasteiger partial charge in [-0.1, -0.05) is 11.3 Å². The number of nitro groups is 1. The molecule has 0 spiro atoms. The number of rotatable bonds is 6. The largest absolute Gasteiger partial charge is 0.384 e. The Balaban J connectivity index is 2.26. The molecule has 8 nitrogen and oxygen atoms in total. The zero-order valence-corrected chi connectivity index (χ0v) is 13.4. The van der Waals surface area contributed by atoms with Gasteiger partial charge in [0.2, 0.25) is 0 Å². The fourth-order valence-corrected chi connectivity index (χ4v) is 5.28. The van der Waals surface area contributed by atoms with Crippen LogP contribution in [0.5, 0.6) is 0 Å². The number of thiophene rings is 1. The molecule has 21 heavy (non-hydrogen) atoms. The molecule has 118 valence electrons. The van der Waals surface area contributed by atoms with Gasteiger partial charge in [-0.3, -0.25) is 10.1 Å². The van der Waals surface area contributed by atoms with Crippen molar-refractivity contribution >= 4 is 32.0 Å². The third-order valence-electron chi connectivity index (χ3n) is 3.36. The summed E-state index contributed by atoms with van der Waals surface area (Å²) in [4.78, 5) is 10.3. The summed E-state index contributed by atoms with van der Waals surface area (Å²) in [5.74, 6) is 0.170. The van der Waals surface area contributed by atoms with Gasteiger partial charge >= 0.3 is 5.69 Å². The summed E-state index contributed by atoms with van der Waals surface area (Å²) in [6.07, 6.45) is 0.736. The summed E-state index contributed by atoms with van der Waals surface area (Å²) in [7, 11) is -0.574. The highest BCUT2D eigenvalue weighted by atomic mass is 32.2. The van der Waals surface area contributed by atoms with Crippen molar-refractivity contribution in [1.29, 1.82) is 0 Å². The molecule has 1 aromatic rings. The Hall–Kier alpha value is -1.23. The Bertz CT molecular complexity index is 628. The minimum absolute atomic E-state index is 0.00313. The summed E-state index contributed by atoms with van der Waals surface area (Å²) < 4.78 is 31.5. The van der Waals surface area contributed by atoms with Crippen molar-refractivity contribution in [1.82, 2.24) is 4.31 Å². The van der Waals surface area contributed by atoms with Crippen LogP contribution in [0.25, 0.3) is 0 Å². The molecule has 1 aliphatic rings. The molecule has 1 unspecified atom stereocenters. The molecule has 0 saturated carbocycles. The predicted octanol–water partition coefficient (Wildman–Crippen LogP) is 1.35. The van der Waals surface area contributed by atoms with Gasteiger partial charge in [0, 0.05) is 33.3 Å². The standard InChI is InChI=1S/C11H17N3O5S2/c1-12-11-9(14(15)16)5-10(20-11)21(17,18)13-4-3-8(6-13)7-19-2/h5,8,12H,3-4,6-7H2,1-2H3. The SMILES string of the molecule is CNc1sc(S(=O)(=O)N2CCC(COC)C2)cc1[N+](=O)[O-]. The van der Waals surface area contributed by atoms with Crippen molar-refractivity contribution in [2.45, 2.75) is 10.6 Å². The zero-order chi connectivity index (χ0) is 15.6. The van der Waals surface area contributed by atoms with E-state index in [1.54, 1.807) is 7.11 Å². The molecule has 1 aromatic heterocycles. The van der Waals surface area contributed by atoms with E-state index >= 15 is 0 Å². The van der Waals surface area contributed by atoms with Gasteiger partial charge in [0.05, 0.1) is 11.5 Å². The Morgan fingerprint density at radius 3 is 2.86 bits per heavy atom. The average Bonchev–Trinajstić information content (AvgIpc) is 3.05. The van der Waals surface area contributed by atoms with Crippen LogP contribution in [0.15, 0.2) is 10.3 Å². The highest BCUT2D eigenvalue weighted by Gasteiger charge is 2.35. The van der Waals surface area contributed by atoms with Crippen LogP contribution in [0.4, 0.5) is 10.7 Å². The van der Waals surface area contributed by atoms with Crippen LogP contribution in [-0.2, 0) is 14.8 Å². The van der Waals surface area contributed by atoms with Crippen molar-refractivity contribution in [3.05, 3.63) is 16.2 Å². The van der Waals surface area contributed by atoms with E-state index in [-0.39, 0.29) is 20.8 Å². The van der Waals surface area contributed by atoms with E-state index in [1.807, 2.05) is 0 Å². The molecule has 0 bridgehead atoms. The Labute approximate surface area is 126 Å². The average molecular weight is 335 g/mol. The number of anilines is 1. The van der Waals surface area contributed by atoms with Gasteiger partial charge in [0.25, 0.3) is 10.0 Å². The van der Waals surface area contributed by atoms with E-state index in [0.717, 1.165) is 23.8 Å². The Morgan fingerprint density at radius 1 is 1.62 bits per heavy atom. The van der Waals surface area contributed by atoms with Crippen molar-refractivity contribution in [3.8, 4) is 0 Å². The molecule has 1 atom stereocenters. The number of nitrogens with zero attached hydrogens (tertiary/aromatic N) is 2. The summed E-state index contributed by atoms with van der Waals surface area (Å²) in [6.45, 7) is 1.31. The molecular weight excluding hydrogens is 318 g/mol. The molecule has 0 aromatic carbocycles. The summed E-state index contributed by atoms with van der Waals surface area (Å²) in [6, 6.07) is 1.12. The fourth-order valence-electron chi connectivity index (χ4n) is 2.32. The van der Waals surface area contributed by atoms with Crippen LogP contribution < -0.4 is 5.32 Å². The lowest BCUT2D eigenvalue weighted by atomic mass is 10.1. The molecule has 2 heterocycles. The highest BCUT2D eigenvalue weighted by Crippen LogP contribution is 2.38. The summed E-state index contributed by atoms with van der Waals surface area (Å²) in [5, 5.41) is 13.8. The van der Waals surface area contributed by atoms with Gasteiger partial charge < -0.3 is 10.1 Å². The summed E-state index contributed by atoms with van der Waals surface area (Å²) in [5.41, 5.74) is -0.214. The molecule has 1 fully saturated rings. The number of ether oxygens (including phenoxy) is 1. The Morgan fingerprint density at radius 2 is 2.33 bits per heavy atom. The van der Waals surface area contributed by atoms with Crippen LogP contribution in [0.3, 0.4) is 0 Å². The monoisotopic (exact) mass is 335 g/mol. The first-order valence-corrected chi connectivity index (χ1v) is 8.61. The number of methoxy groups -OCH3 is 1. The maximum Gasteiger partial charge on any atom is 0.304 e. The second kappa shape index (κ2) is 6.26. The Kier molecular flexibility index (Phi) is 4.81. The molecule has 10 heteroatoms. The van der Waals surface area contributed by atoms with Gasteiger partial charge in [-0.15, -0.1) is 0 Å². The third kappa shape index (κ3) is 3.18. The summed E-state index contributed by atoms with van der Waals surface area (Å²) >= 11 is 0.883. The number of hydrogen-bond donors (Lipinski definition) is 1. The second-order valence-corrected chi connectivity index (χ2v) is 7.98. The van der Waals surface area contributed by atoms with Crippen molar-refractivity contribution in [2.24, 2.45) is 5.92 Å². The molecule has 1 saturated heterocycles. The number of nitrogens with one attached hydrogen (secondary N) is 1.